The summed E-state index contributed by atoms with van der Waals surface area (Å²) < 4.78 is 12.7. The summed E-state index contributed by atoms with van der Waals surface area (Å²) in [5.41, 5.74) is 2.42. The van der Waals surface area contributed by atoms with E-state index < -0.39 is 0 Å². The molecule has 87 valence electrons. The van der Waals surface area contributed by atoms with Gasteiger partial charge in [-0.15, -0.1) is 0 Å². The second-order valence-electron chi connectivity index (χ2n) is 4.27. The topological polar surface area (TPSA) is 0 Å². The highest BCUT2D eigenvalue weighted by Gasteiger charge is 2.05. The molecule has 1 radical (unpaired) electrons. The van der Waals surface area contributed by atoms with Gasteiger partial charge in [-0.05, 0) is 48.9 Å². The third kappa shape index (κ3) is 3.42. The first-order valence-electron chi connectivity index (χ1n) is 5.88. The molecule has 0 saturated carbocycles. The Labute approximate surface area is 102 Å². The van der Waals surface area contributed by atoms with Crippen molar-refractivity contribution in [2.75, 3.05) is 0 Å². The van der Waals surface area contributed by atoms with E-state index in [1.807, 2.05) is 30.3 Å². The molecule has 1 atom stereocenters. The normalized spacial score (nSPS) is 12.4. The van der Waals surface area contributed by atoms with Crippen LogP contribution < -0.4 is 0 Å². The first-order chi connectivity index (χ1) is 8.25. The predicted molar refractivity (Wildman–Crippen MR) is 69.3 cm³/mol. The lowest BCUT2D eigenvalue weighted by Crippen LogP contribution is -1.96. The van der Waals surface area contributed by atoms with Crippen LogP contribution in [0.3, 0.4) is 0 Å². The molecule has 0 heterocycles. The van der Waals surface area contributed by atoms with Crippen molar-refractivity contribution in [1.82, 2.24) is 0 Å². The number of aryl methyl sites for hydroxylation is 1. The summed E-state index contributed by atoms with van der Waals surface area (Å²) in [5, 5.41) is 0. The van der Waals surface area contributed by atoms with E-state index >= 15 is 0 Å². The van der Waals surface area contributed by atoms with E-state index in [2.05, 4.69) is 19.1 Å². The van der Waals surface area contributed by atoms with E-state index in [0.717, 1.165) is 18.4 Å². The average molecular weight is 227 g/mol. The van der Waals surface area contributed by atoms with Gasteiger partial charge in [-0.2, -0.15) is 0 Å². The van der Waals surface area contributed by atoms with Gasteiger partial charge < -0.3 is 0 Å². The molecule has 2 aromatic carbocycles. The molecule has 17 heavy (non-hydrogen) atoms. The van der Waals surface area contributed by atoms with Crippen molar-refractivity contribution in [3.63, 3.8) is 0 Å². The summed E-state index contributed by atoms with van der Waals surface area (Å²) in [5.74, 6) is 0.115. The number of halogens is 1. The van der Waals surface area contributed by atoms with Gasteiger partial charge >= 0.3 is 0 Å². The van der Waals surface area contributed by atoms with Crippen LogP contribution in [0.25, 0.3) is 0 Å². The van der Waals surface area contributed by atoms with Gasteiger partial charge in [-0.25, -0.2) is 4.39 Å². The smallest absolute Gasteiger partial charge is 0.123 e. The highest BCUT2D eigenvalue weighted by molar-refractivity contribution is 5.22. The minimum atomic E-state index is -0.178. The minimum absolute atomic E-state index is 0.178. The molecule has 0 amide bonds. The van der Waals surface area contributed by atoms with Gasteiger partial charge in [0, 0.05) is 0 Å². The summed E-state index contributed by atoms with van der Waals surface area (Å²) in [6, 6.07) is 17.0. The molecule has 0 aliphatic heterocycles. The van der Waals surface area contributed by atoms with Crippen LogP contribution >= 0.6 is 0 Å². The molecule has 0 aromatic heterocycles. The Morgan fingerprint density at radius 1 is 0.941 bits per heavy atom. The summed E-state index contributed by atoms with van der Waals surface area (Å²) >= 11 is 0. The third-order valence-electron chi connectivity index (χ3n) is 2.97. The van der Waals surface area contributed by atoms with Gasteiger partial charge in [0.2, 0.25) is 0 Å². The second-order valence-corrected chi connectivity index (χ2v) is 4.27. The Bertz CT molecular complexity index is 445. The van der Waals surface area contributed by atoms with Crippen LogP contribution in [0.5, 0.6) is 0 Å². The van der Waals surface area contributed by atoms with E-state index in [1.54, 1.807) is 0 Å². The summed E-state index contributed by atoms with van der Waals surface area (Å²) in [6.45, 7) is 4.17. The highest BCUT2D eigenvalue weighted by Crippen LogP contribution is 2.20. The third-order valence-corrected chi connectivity index (χ3v) is 2.97. The molecule has 0 bridgehead atoms. The standard InChI is InChI=1S/C16H16F/c1-13(15-5-3-2-4-6-15)7-8-14-9-11-16(17)12-10-14/h2-6,9-13H,1,7-8H2/t13-/m0/s1. The second kappa shape index (κ2) is 5.62. The Balaban J connectivity index is 1.92. The number of hydrogen-bond donors (Lipinski definition) is 0. The van der Waals surface area contributed by atoms with E-state index in [1.165, 1.54) is 17.7 Å². The molecule has 0 fully saturated rings. The van der Waals surface area contributed by atoms with Crippen molar-refractivity contribution in [3.8, 4) is 0 Å². The van der Waals surface area contributed by atoms with Crippen molar-refractivity contribution < 1.29 is 4.39 Å². The Morgan fingerprint density at radius 3 is 2.24 bits per heavy atom. The lowest BCUT2D eigenvalue weighted by atomic mass is 9.94. The highest BCUT2D eigenvalue weighted by atomic mass is 19.1. The van der Waals surface area contributed by atoms with Crippen LogP contribution in [0.15, 0.2) is 54.6 Å². The molecule has 0 nitrogen and oxygen atoms in total. The maximum absolute atomic E-state index is 12.7. The quantitative estimate of drug-likeness (QED) is 0.727. The summed E-state index contributed by atoms with van der Waals surface area (Å²) in [6.07, 6.45) is 1.92. The van der Waals surface area contributed by atoms with Gasteiger partial charge in [0.1, 0.15) is 5.82 Å². The molecule has 0 aliphatic rings. The summed E-state index contributed by atoms with van der Waals surface area (Å²) in [4.78, 5) is 0. The van der Waals surface area contributed by atoms with Crippen LogP contribution in [-0.4, -0.2) is 0 Å². The molecule has 2 aromatic rings. The zero-order valence-corrected chi connectivity index (χ0v) is 9.77. The zero-order valence-electron chi connectivity index (χ0n) is 9.77. The molecule has 0 spiro atoms. The predicted octanol–water partition coefficient (Wildman–Crippen LogP) is 4.38. The van der Waals surface area contributed by atoms with Crippen LogP contribution in [0.1, 0.15) is 23.5 Å². The number of hydrogen-bond acceptors (Lipinski definition) is 0. The molecular weight excluding hydrogens is 211 g/mol. The van der Waals surface area contributed by atoms with E-state index in [9.17, 15) is 4.39 Å². The molecule has 0 saturated heterocycles. The lowest BCUT2D eigenvalue weighted by Gasteiger charge is -2.11. The molecule has 0 unspecified atom stereocenters. The van der Waals surface area contributed by atoms with Crippen molar-refractivity contribution in [2.45, 2.75) is 18.8 Å². The maximum atomic E-state index is 12.7. The maximum Gasteiger partial charge on any atom is 0.123 e. The van der Waals surface area contributed by atoms with E-state index in [0.29, 0.717) is 5.92 Å². The van der Waals surface area contributed by atoms with Crippen molar-refractivity contribution in [1.29, 1.82) is 0 Å². The van der Waals surface area contributed by atoms with Gasteiger partial charge in [0.05, 0.1) is 0 Å². The van der Waals surface area contributed by atoms with Crippen LogP contribution in [0.4, 0.5) is 4.39 Å². The fourth-order valence-corrected chi connectivity index (χ4v) is 1.88. The van der Waals surface area contributed by atoms with Gasteiger partial charge in [0.15, 0.2) is 0 Å². The monoisotopic (exact) mass is 227 g/mol. The zero-order chi connectivity index (χ0) is 12.1. The molecule has 2 rings (SSSR count). The van der Waals surface area contributed by atoms with Crippen molar-refractivity contribution in [3.05, 3.63) is 78.5 Å². The lowest BCUT2D eigenvalue weighted by molar-refractivity contribution is 0.626. The molecule has 0 aliphatic carbocycles. The molecule has 0 N–H and O–H groups in total. The van der Waals surface area contributed by atoms with Gasteiger partial charge in [-0.1, -0.05) is 42.5 Å². The molecule has 1 heteroatoms. The van der Waals surface area contributed by atoms with Crippen LogP contribution in [0.2, 0.25) is 0 Å². The number of benzene rings is 2. The van der Waals surface area contributed by atoms with E-state index in [-0.39, 0.29) is 5.82 Å². The first-order valence-corrected chi connectivity index (χ1v) is 5.88. The van der Waals surface area contributed by atoms with Crippen LogP contribution in [0, 0.1) is 12.7 Å². The van der Waals surface area contributed by atoms with E-state index in [4.69, 9.17) is 0 Å². The fraction of sp³-hybridized carbons (Fsp3) is 0.188. The SMILES string of the molecule is [CH2][C@@H](CCc1ccc(F)cc1)c1ccccc1. The van der Waals surface area contributed by atoms with Crippen molar-refractivity contribution in [2.24, 2.45) is 0 Å². The van der Waals surface area contributed by atoms with Gasteiger partial charge in [-0.3, -0.25) is 0 Å². The minimum Gasteiger partial charge on any atom is -0.207 e. The fourth-order valence-electron chi connectivity index (χ4n) is 1.88. The first kappa shape index (κ1) is 11.8. The Kier molecular flexibility index (Phi) is 3.92. The van der Waals surface area contributed by atoms with Crippen molar-refractivity contribution >= 4 is 0 Å². The Hall–Kier alpha value is -1.63. The van der Waals surface area contributed by atoms with Gasteiger partial charge in [0.25, 0.3) is 0 Å². The van der Waals surface area contributed by atoms with Crippen LogP contribution in [-0.2, 0) is 6.42 Å². The number of rotatable bonds is 4. The summed E-state index contributed by atoms with van der Waals surface area (Å²) in [7, 11) is 0. The molecular formula is C16H16F. The Morgan fingerprint density at radius 2 is 1.59 bits per heavy atom. The average Bonchev–Trinajstić information content (AvgIpc) is 2.39. The largest absolute Gasteiger partial charge is 0.207 e.